The van der Waals surface area contributed by atoms with Gasteiger partial charge < -0.3 is 0 Å². The Morgan fingerprint density at radius 3 is 2.86 bits per heavy atom. The maximum Gasteiger partial charge on any atom is 0.147 e. The minimum absolute atomic E-state index is 0.251. The number of hydrogen-bond acceptors (Lipinski definition) is 1. The summed E-state index contributed by atoms with van der Waals surface area (Å²) in [5.41, 5.74) is 2.15. The molecular formula is C12H13BrO. The quantitative estimate of drug-likeness (QED) is 0.750. The summed E-state index contributed by atoms with van der Waals surface area (Å²) in [7, 11) is 0. The van der Waals surface area contributed by atoms with Crippen molar-refractivity contribution >= 4 is 21.7 Å². The summed E-state index contributed by atoms with van der Waals surface area (Å²) in [4.78, 5) is 11.9. The third-order valence-electron chi connectivity index (χ3n) is 3.34. The smallest absolute Gasteiger partial charge is 0.147 e. The van der Waals surface area contributed by atoms with E-state index in [9.17, 15) is 4.79 Å². The highest BCUT2D eigenvalue weighted by molar-refractivity contribution is 9.10. The zero-order valence-electron chi connectivity index (χ0n) is 8.43. The van der Waals surface area contributed by atoms with Crippen LogP contribution in [-0.4, -0.2) is 5.78 Å². The molecule has 14 heavy (non-hydrogen) atoms. The van der Waals surface area contributed by atoms with Crippen LogP contribution in [0.1, 0.15) is 31.4 Å². The van der Waals surface area contributed by atoms with E-state index in [-0.39, 0.29) is 5.41 Å². The Balaban J connectivity index is 2.61. The average Bonchev–Trinajstić information content (AvgIpc) is 2.41. The van der Waals surface area contributed by atoms with Crippen molar-refractivity contribution in [3.63, 3.8) is 0 Å². The predicted molar refractivity (Wildman–Crippen MR) is 60.5 cm³/mol. The van der Waals surface area contributed by atoms with Gasteiger partial charge in [-0.15, -0.1) is 0 Å². The Morgan fingerprint density at radius 1 is 1.50 bits per heavy atom. The summed E-state index contributed by atoms with van der Waals surface area (Å²) in [6.45, 7) is 4.13. The van der Waals surface area contributed by atoms with E-state index in [1.165, 1.54) is 11.1 Å². The molecular weight excluding hydrogens is 240 g/mol. The molecule has 1 aliphatic rings. The van der Waals surface area contributed by atoms with Crippen molar-refractivity contribution in [1.29, 1.82) is 0 Å². The first-order valence-electron chi connectivity index (χ1n) is 4.90. The Labute approximate surface area is 92.6 Å². The van der Waals surface area contributed by atoms with Gasteiger partial charge in [0.1, 0.15) is 5.78 Å². The minimum atomic E-state index is -0.251. The van der Waals surface area contributed by atoms with Crippen LogP contribution in [0.15, 0.2) is 22.7 Å². The van der Waals surface area contributed by atoms with Crippen LogP contribution >= 0.6 is 15.9 Å². The number of benzene rings is 1. The topological polar surface area (TPSA) is 17.1 Å². The molecule has 1 aromatic carbocycles. The van der Waals surface area contributed by atoms with Gasteiger partial charge in [0.15, 0.2) is 0 Å². The lowest BCUT2D eigenvalue weighted by molar-refractivity contribution is -0.122. The van der Waals surface area contributed by atoms with Crippen LogP contribution in [0.5, 0.6) is 0 Å². The first kappa shape index (κ1) is 9.91. The first-order valence-corrected chi connectivity index (χ1v) is 5.69. The summed E-state index contributed by atoms with van der Waals surface area (Å²) in [5, 5.41) is 0. The third kappa shape index (κ3) is 1.24. The van der Waals surface area contributed by atoms with E-state index in [1.54, 1.807) is 0 Å². The number of hydrogen-bond donors (Lipinski definition) is 0. The van der Waals surface area contributed by atoms with Gasteiger partial charge in [0.2, 0.25) is 0 Å². The molecule has 0 saturated carbocycles. The maximum atomic E-state index is 11.9. The van der Waals surface area contributed by atoms with Gasteiger partial charge in [-0.2, -0.15) is 0 Å². The molecule has 0 N–H and O–H groups in total. The van der Waals surface area contributed by atoms with Crippen LogP contribution < -0.4 is 0 Å². The summed E-state index contributed by atoms with van der Waals surface area (Å²) in [5.74, 6) is 0.355. The number of carbonyl (C=O) groups is 1. The van der Waals surface area contributed by atoms with Crippen LogP contribution in [0, 0.1) is 0 Å². The van der Waals surface area contributed by atoms with Crippen LogP contribution in [0.4, 0.5) is 0 Å². The van der Waals surface area contributed by atoms with Gasteiger partial charge in [-0.3, -0.25) is 4.79 Å². The van der Waals surface area contributed by atoms with E-state index in [0.29, 0.717) is 12.2 Å². The van der Waals surface area contributed by atoms with Gasteiger partial charge in [0.25, 0.3) is 0 Å². The second kappa shape index (κ2) is 3.20. The molecule has 0 heterocycles. The van der Waals surface area contributed by atoms with Gasteiger partial charge in [-0.05, 0) is 36.6 Å². The Morgan fingerprint density at radius 2 is 2.21 bits per heavy atom. The summed E-state index contributed by atoms with van der Waals surface area (Å²) in [6.07, 6.45) is 1.49. The van der Waals surface area contributed by atoms with Crippen molar-refractivity contribution in [3.8, 4) is 0 Å². The normalized spacial score (nSPS) is 25.2. The van der Waals surface area contributed by atoms with Crippen LogP contribution in [0.2, 0.25) is 0 Å². The van der Waals surface area contributed by atoms with Crippen molar-refractivity contribution < 1.29 is 4.79 Å². The Kier molecular flexibility index (Phi) is 2.26. The lowest BCUT2D eigenvalue weighted by Crippen LogP contribution is -2.26. The summed E-state index contributed by atoms with van der Waals surface area (Å²) >= 11 is 3.45. The average molecular weight is 253 g/mol. The van der Waals surface area contributed by atoms with E-state index in [1.807, 2.05) is 13.0 Å². The molecule has 0 bridgehead atoms. The van der Waals surface area contributed by atoms with Crippen molar-refractivity contribution in [1.82, 2.24) is 0 Å². The molecule has 1 aliphatic carbocycles. The van der Waals surface area contributed by atoms with Crippen molar-refractivity contribution in [2.75, 3.05) is 0 Å². The molecule has 0 saturated heterocycles. The largest absolute Gasteiger partial charge is 0.298 e. The van der Waals surface area contributed by atoms with Crippen molar-refractivity contribution in [3.05, 3.63) is 33.8 Å². The predicted octanol–water partition coefficient (Wildman–Crippen LogP) is 3.24. The zero-order valence-corrected chi connectivity index (χ0v) is 10.0. The molecule has 0 spiro atoms. The number of carbonyl (C=O) groups excluding carboxylic acids is 1. The lowest BCUT2D eigenvalue weighted by Gasteiger charge is -2.21. The van der Waals surface area contributed by atoms with E-state index in [4.69, 9.17) is 0 Å². The molecule has 0 aromatic heterocycles. The lowest BCUT2D eigenvalue weighted by atomic mass is 9.81. The molecule has 1 unspecified atom stereocenters. The molecule has 2 heteroatoms. The van der Waals surface area contributed by atoms with Gasteiger partial charge in [0.05, 0.1) is 5.41 Å². The SMILES string of the molecule is CCC1(C)C(=O)Cc2ccc(Br)cc21. The minimum Gasteiger partial charge on any atom is -0.298 e. The highest BCUT2D eigenvalue weighted by atomic mass is 79.9. The number of halogens is 1. The highest BCUT2D eigenvalue weighted by Gasteiger charge is 2.40. The van der Waals surface area contributed by atoms with E-state index in [2.05, 4.69) is 35.0 Å². The maximum absolute atomic E-state index is 11.9. The molecule has 0 radical (unpaired) electrons. The van der Waals surface area contributed by atoms with E-state index in [0.717, 1.165) is 10.9 Å². The second-order valence-electron chi connectivity index (χ2n) is 4.09. The highest BCUT2D eigenvalue weighted by Crippen LogP contribution is 2.39. The molecule has 1 aromatic rings. The van der Waals surface area contributed by atoms with E-state index >= 15 is 0 Å². The Hall–Kier alpha value is -0.630. The molecule has 0 amide bonds. The first-order chi connectivity index (χ1) is 6.58. The zero-order chi connectivity index (χ0) is 10.3. The molecule has 0 aliphatic heterocycles. The van der Waals surface area contributed by atoms with Crippen molar-refractivity contribution in [2.24, 2.45) is 0 Å². The number of rotatable bonds is 1. The molecule has 0 fully saturated rings. The second-order valence-corrected chi connectivity index (χ2v) is 5.00. The molecule has 1 atom stereocenters. The fourth-order valence-corrected chi connectivity index (χ4v) is 2.48. The van der Waals surface area contributed by atoms with Crippen LogP contribution in [0.3, 0.4) is 0 Å². The number of ketones is 1. The van der Waals surface area contributed by atoms with Crippen molar-refractivity contribution in [2.45, 2.75) is 32.1 Å². The van der Waals surface area contributed by atoms with Gasteiger partial charge >= 0.3 is 0 Å². The number of fused-ring (bicyclic) bond motifs is 1. The standard InChI is InChI=1S/C12H13BrO/c1-3-12(2)10-7-9(13)5-4-8(10)6-11(12)14/h4-5,7H,3,6H2,1-2H3. The van der Waals surface area contributed by atoms with Crippen LogP contribution in [0.25, 0.3) is 0 Å². The van der Waals surface area contributed by atoms with Gasteiger partial charge in [-0.25, -0.2) is 0 Å². The van der Waals surface area contributed by atoms with Gasteiger partial charge in [-0.1, -0.05) is 28.9 Å². The fraction of sp³-hybridized carbons (Fsp3) is 0.417. The monoisotopic (exact) mass is 252 g/mol. The van der Waals surface area contributed by atoms with E-state index < -0.39 is 0 Å². The molecule has 74 valence electrons. The third-order valence-corrected chi connectivity index (χ3v) is 3.83. The van der Waals surface area contributed by atoms with Crippen LogP contribution in [-0.2, 0) is 16.6 Å². The fourth-order valence-electron chi connectivity index (χ4n) is 2.12. The number of Topliss-reactive ketones (excluding diaryl/α,β-unsaturated/α-hetero) is 1. The molecule has 2 rings (SSSR count). The van der Waals surface area contributed by atoms with Gasteiger partial charge in [0, 0.05) is 10.9 Å². The molecule has 1 nitrogen and oxygen atoms in total. The summed E-state index contributed by atoms with van der Waals surface area (Å²) in [6, 6.07) is 6.15. The Bertz CT molecular complexity index is 397. The summed E-state index contributed by atoms with van der Waals surface area (Å²) < 4.78 is 1.06.